The Morgan fingerprint density at radius 2 is 1.95 bits per heavy atom. The molecule has 2 rings (SSSR count). The van der Waals surface area contributed by atoms with Gasteiger partial charge in [-0.1, -0.05) is 0 Å². The average molecular weight is 332 g/mol. The van der Waals surface area contributed by atoms with Crippen molar-refractivity contribution in [1.29, 1.82) is 0 Å². The zero-order valence-electron chi connectivity index (χ0n) is 13.1. The Hall–Kier alpha value is -0.470. The topological polar surface area (TPSA) is 60.9 Å². The van der Waals surface area contributed by atoms with Crippen LogP contribution in [0.25, 0.3) is 0 Å². The molecule has 1 heterocycles. The molecule has 0 amide bonds. The summed E-state index contributed by atoms with van der Waals surface area (Å²) in [7, 11) is 2.18. The van der Waals surface area contributed by atoms with Crippen molar-refractivity contribution in [2.45, 2.75) is 43.2 Å². The van der Waals surface area contributed by atoms with E-state index in [2.05, 4.69) is 4.90 Å². The summed E-state index contributed by atoms with van der Waals surface area (Å²) in [5.41, 5.74) is -0.0362. The molecule has 0 atom stereocenters. The number of hydrogen-bond donors (Lipinski definition) is 1. The monoisotopic (exact) mass is 332 g/mol. The molecule has 0 radical (unpaired) electrons. The normalized spacial score (nSPS) is 18.2. The molecule has 0 spiro atoms. The summed E-state index contributed by atoms with van der Waals surface area (Å²) >= 11 is 1.34. The van der Waals surface area contributed by atoms with Crippen molar-refractivity contribution in [3.63, 3.8) is 0 Å². The Morgan fingerprint density at radius 3 is 2.33 bits per heavy atom. The van der Waals surface area contributed by atoms with Crippen molar-refractivity contribution in [2.24, 2.45) is 0 Å². The highest BCUT2D eigenvalue weighted by atomic mass is 32.2. The third-order valence-electron chi connectivity index (χ3n) is 4.52. The van der Waals surface area contributed by atoms with Crippen LogP contribution in [0, 0.1) is 6.92 Å². The molecule has 120 valence electrons. The lowest BCUT2D eigenvalue weighted by Gasteiger charge is -2.48. The molecule has 1 fully saturated rings. The highest BCUT2D eigenvalue weighted by Gasteiger charge is 2.42. The summed E-state index contributed by atoms with van der Waals surface area (Å²) in [6, 6.07) is 1.59. The second kappa shape index (κ2) is 5.96. The highest BCUT2D eigenvalue weighted by Crippen LogP contribution is 2.38. The first-order valence-electron chi connectivity index (χ1n) is 7.07. The van der Waals surface area contributed by atoms with Gasteiger partial charge in [0.25, 0.3) is 0 Å². The maximum absolute atomic E-state index is 12.8. The van der Waals surface area contributed by atoms with E-state index < -0.39 is 10.0 Å². The molecule has 0 saturated heterocycles. The highest BCUT2D eigenvalue weighted by molar-refractivity contribution is 7.89. The summed E-state index contributed by atoms with van der Waals surface area (Å²) < 4.78 is 27.0. The van der Waals surface area contributed by atoms with E-state index in [9.17, 15) is 13.5 Å². The van der Waals surface area contributed by atoms with Crippen molar-refractivity contribution in [2.75, 3.05) is 27.7 Å². The molecular weight excluding hydrogens is 308 g/mol. The van der Waals surface area contributed by atoms with Crippen molar-refractivity contribution in [3.8, 4) is 0 Å². The smallest absolute Gasteiger partial charge is 0.243 e. The minimum absolute atomic E-state index is 0.0362. The van der Waals surface area contributed by atoms with Crippen LogP contribution < -0.4 is 0 Å². The molecule has 5 nitrogen and oxygen atoms in total. The number of aliphatic hydroxyl groups excluding tert-OH is 1. The van der Waals surface area contributed by atoms with Crippen LogP contribution in [-0.2, 0) is 16.6 Å². The first-order chi connectivity index (χ1) is 9.73. The molecule has 1 saturated carbocycles. The van der Waals surface area contributed by atoms with Crippen LogP contribution in [0.1, 0.15) is 29.0 Å². The van der Waals surface area contributed by atoms with Gasteiger partial charge in [0.1, 0.15) is 0 Å². The standard InChI is InChI=1S/C14H24N2O3S2/c1-11-13(8-12(9-17)20-11)21(18,19)16(4)10-14(15(2)3)6-5-7-14/h8,17H,5-7,9-10H2,1-4H3. The van der Waals surface area contributed by atoms with Gasteiger partial charge in [0.05, 0.1) is 11.5 Å². The molecule has 0 bridgehead atoms. The van der Waals surface area contributed by atoms with E-state index in [0.717, 1.165) is 24.1 Å². The fraction of sp³-hybridized carbons (Fsp3) is 0.714. The molecule has 21 heavy (non-hydrogen) atoms. The predicted octanol–water partition coefficient (Wildman–Crippen LogP) is 1.65. The van der Waals surface area contributed by atoms with Crippen LogP contribution in [-0.4, -0.2) is 56.0 Å². The zero-order chi connectivity index (χ0) is 15.8. The average Bonchev–Trinajstić information content (AvgIpc) is 2.74. The SMILES string of the molecule is Cc1sc(CO)cc1S(=O)(=O)N(C)CC1(N(C)C)CCC1. The Labute approximate surface area is 131 Å². The fourth-order valence-electron chi connectivity index (χ4n) is 2.86. The number of aryl methyl sites for hydroxylation is 1. The van der Waals surface area contributed by atoms with Gasteiger partial charge in [-0.2, -0.15) is 4.31 Å². The number of thiophene rings is 1. The van der Waals surface area contributed by atoms with Gasteiger partial charge in [0, 0.05) is 28.9 Å². The van der Waals surface area contributed by atoms with Gasteiger partial charge in [-0.05, 0) is 46.3 Å². The van der Waals surface area contributed by atoms with Gasteiger partial charge < -0.3 is 10.0 Å². The summed E-state index contributed by atoms with van der Waals surface area (Å²) in [5, 5.41) is 9.18. The molecule has 1 aromatic rings. The van der Waals surface area contributed by atoms with Crippen LogP contribution >= 0.6 is 11.3 Å². The number of aliphatic hydroxyl groups is 1. The molecule has 0 aliphatic heterocycles. The number of rotatable bonds is 6. The quantitative estimate of drug-likeness (QED) is 0.860. The molecule has 0 aromatic carbocycles. The minimum atomic E-state index is -3.50. The molecule has 1 N–H and O–H groups in total. The molecule has 1 aromatic heterocycles. The Bertz CT molecular complexity index is 604. The molecule has 7 heteroatoms. The van der Waals surface area contributed by atoms with Gasteiger partial charge in [0.2, 0.25) is 10.0 Å². The van der Waals surface area contributed by atoms with E-state index in [0.29, 0.717) is 16.3 Å². The van der Waals surface area contributed by atoms with Crippen molar-refractivity contribution in [1.82, 2.24) is 9.21 Å². The molecule has 0 unspecified atom stereocenters. The van der Waals surface area contributed by atoms with E-state index in [1.807, 2.05) is 14.1 Å². The number of nitrogens with zero attached hydrogens (tertiary/aromatic N) is 2. The van der Waals surface area contributed by atoms with Gasteiger partial charge in [-0.15, -0.1) is 11.3 Å². The number of sulfonamides is 1. The first kappa shape index (κ1) is 16.9. The lowest BCUT2D eigenvalue weighted by molar-refractivity contribution is 0.0455. The summed E-state index contributed by atoms with van der Waals surface area (Å²) in [6.45, 7) is 2.17. The van der Waals surface area contributed by atoms with E-state index in [-0.39, 0.29) is 12.1 Å². The van der Waals surface area contributed by atoms with Crippen LogP contribution in [0.2, 0.25) is 0 Å². The van der Waals surface area contributed by atoms with Crippen molar-refractivity contribution in [3.05, 3.63) is 15.8 Å². The van der Waals surface area contributed by atoms with Crippen LogP contribution in [0.5, 0.6) is 0 Å². The summed E-state index contributed by atoms with van der Waals surface area (Å²) in [4.78, 5) is 3.89. The van der Waals surface area contributed by atoms with Gasteiger partial charge in [0.15, 0.2) is 0 Å². The van der Waals surface area contributed by atoms with Crippen LogP contribution in [0.4, 0.5) is 0 Å². The maximum atomic E-state index is 12.8. The second-order valence-electron chi connectivity index (χ2n) is 6.02. The van der Waals surface area contributed by atoms with Crippen molar-refractivity contribution < 1.29 is 13.5 Å². The lowest BCUT2D eigenvalue weighted by Crippen LogP contribution is -2.57. The van der Waals surface area contributed by atoms with E-state index in [1.54, 1.807) is 20.0 Å². The molecular formula is C14H24N2O3S2. The minimum Gasteiger partial charge on any atom is -0.391 e. The lowest BCUT2D eigenvalue weighted by atomic mass is 9.75. The summed E-state index contributed by atoms with van der Waals surface area (Å²) in [5.74, 6) is 0. The number of hydrogen-bond acceptors (Lipinski definition) is 5. The van der Waals surface area contributed by atoms with E-state index in [4.69, 9.17) is 0 Å². The zero-order valence-corrected chi connectivity index (χ0v) is 14.7. The third kappa shape index (κ3) is 3.03. The second-order valence-corrected chi connectivity index (χ2v) is 9.38. The Morgan fingerprint density at radius 1 is 1.33 bits per heavy atom. The largest absolute Gasteiger partial charge is 0.391 e. The van der Waals surface area contributed by atoms with Crippen LogP contribution in [0.15, 0.2) is 11.0 Å². The van der Waals surface area contributed by atoms with Crippen LogP contribution in [0.3, 0.4) is 0 Å². The van der Waals surface area contributed by atoms with Crippen molar-refractivity contribution >= 4 is 21.4 Å². The predicted molar refractivity (Wildman–Crippen MR) is 85.1 cm³/mol. The summed E-state index contributed by atoms with van der Waals surface area (Å²) in [6.07, 6.45) is 3.22. The first-order valence-corrected chi connectivity index (χ1v) is 9.32. The maximum Gasteiger partial charge on any atom is 0.243 e. The molecule has 1 aliphatic rings. The fourth-order valence-corrected chi connectivity index (χ4v) is 5.57. The molecule has 1 aliphatic carbocycles. The van der Waals surface area contributed by atoms with Gasteiger partial charge >= 0.3 is 0 Å². The number of likely N-dealkylation sites (N-methyl/N-ethyl adjacent to an activating group) is 2. The Balaban J connectivity index is 2.24. The van der Waals surface area contributed by atoms with E-state index in [1.165, 1.54) is 15.6 Å². The van der Waals surface area contributed by atoms with Gasteiger partial charge in [-0.25, -0.2) is 8.42 Å². The van der Waals surface area contributed by atoms with E-state index >= 15 is 0 Å². The third-order valence-corrected chi connectivity index (χ3v) is 7.61. The Kier molecular flexibility index (Phi) is 4.80. The van der Waals surface area contributed by atoms with Gasteiger partial charge in [-0.3, -0.25) is 0 Å².